The summed E-state index contributed by atoms with van der Waals surface area (Å²) >= 11 is 1.35. The quantitative estimate of drug-likeness (QED) is 0.897. The fraction of sp³-hybridized carbons (Fsp3) is 0.400. The summed E-state index contributed by atoms with van der Waals surface area (Å²) in [6.07, 6.45) is 3.49. The van der Waals surface area contributed by atoms with E-state index >= 15 is 0 Å². The number of thiazole rings is 1. The van der Waals surface area contributed by atoms with E-state index in [1.165, 1.54) is 23.3 Å². The van der Waals surface area contributed by atoms with Gasteiger partial charge in [-0.2, -0.15) is 0 Å². The third-order valence-electron chi connectivity index (χ3n) is 4.01. The van der Waals surface area contributed by atoms with Crippen molar-refractivity contribution >= 4 is 23.2 Å². The minimum Gasteiger partial charge on any atom is -0.481 e. The predicted molar refractivity (Wildman–Crippen MR) is 82.3 cm³/mol. The highest BCUT2D eigenvalue weighted by molar-refractivity contribution is 7.13. The summed E-state index contributed by atoms with van der Waals surface area (Å²) in [4.78, 5) is 29.9. The molecular weight excluding hydrogens is 320 g/mol. The number of rotatable bonds is 5. The summed E-state index contributed by atoms with van der Waals surface area (Å²) in [6, 6.07) is 1.77. The number of furan rings is 1. The monoisotopic (exact) mass is 336 g/mol. The fourth-order valence-corrected chi connectivity index (χ4v) is 3.51. The lowest BCUT2D eigenvalue weighted by Gasteiger charge is -2.23. The van der Waals surface area contributed by atoms with Crippen LogP contribution in [0.1, 0.15) is 16.9 Å². The summed E-state index contributed by atoms with van der Waals surface area (Å²) in [5.41, 5.74) is 0.105. The van der Waals surface area contributed by atoms with Crippen molar-refractivity contribution in [2.45, 2.75) is 6.42 Å². The molecule has 1 amide bonds. The maximum atomic E-state index is 12.6. The molecule has 2 aromatic rings. The number of nitrogens with zero attached hydrogens (tertiary/aromatic N) is 2. The molecule has 1 atom stereocenters. The van der Waals surface area contributed by atoms with Gasteiger partial charge in [-0.3, -0.25) is 9.59 Å². The van der Waals surface area contributed by atoms with Crippen LogP contribution in [0, 0.1) is 5.41 Å². The van der Waals surface area contributed by atoms with E-state index in [-0.39, 0.29) is 19.1 Å². The zero-order valence-corrected chi connectivity index (χ0v) is 13.3. The fourth-order valence-electron chi connectivity index (χ4n) is 2.73. The van der Waals surface area contributed by atoms with Gasteiger partial charge in [-0.1, -0.05) is 0 Å². The van der Waals surface area contributed by atoms with Gasteiger partial charge in [-0.05, 0) is 12.5 Å². The van der Waals surface area contributed by atoms with Crippen molar-refractivity contribution in [3.63, 3.8) is 0 Å². The number of carbonyl (C=O) groups excluding carboxylic acids is 1. The van der Waals surface area contributed by atoms with Crippen LogP contribution in [0.3, 0.4) is 0 Å². The number of aromatic nitrogens is 1. The van der Waals surface area contributed by atoms with E-state index in [1.807, 2.05) is 0 Å². The first-order chi connectivity index (χ1) is 11.1. The van der Waals surface area contributed by atoms with Gasteiger partial charge >= 0.3 is 5.97 Å². The third kappa shape index (κ3) is 2.87. The van der Waals surface area contributed by atoms with E-state index in [4.69, 9.17) is 9.15 Å². The van der Waals surface area contributed by atoms with E-state index in [9.17, 15) is 14.7 Å². The Hall–Kier alpha value is -2.19. The Kier molecular flexibility index (Phi) is 4.18. The zero-order chi connectivity index (χ0) is 16.4. The Morgan fingerprint density at radius 2 is 2.39 bits per heavy atom. The maximum absolute atomic E-state index is 12.6. The second-order valence-corrected chi connectivity index (χ2v) is 6.40. The molecule has 1 saturated heterocycles. The van der Waals surface area contributed by atoms with E-state index in [0.29, 0.717) is 23.7 Å². The second-order valence-electron chi connectivity index (χ2n) is 5.55. The molecule has 7 nitrogen and oxygen atoms in total. The molecule has 0 spiro atoms. The van der Waals surface area contributed by atoms with Crippen molar-refractivity contribution in [1.29, 1.82) is 0 Å². The number of carboxylic acids is 1. The number of hydrogen-bond acceptors (Lipinski definition) is 6. The summed E-state index contributed by atoms with van der Waals surface area (Å²) in [6.45, 7) is 0.601. The first-order valence-corrected chi connectivity index (χ1v) is 7.93. The van der Waals surface area contributed by atoms with Crippen molar-refractivity contribution in [1.82, 2.24) is 9.88 Å². The number of likely N-dealkylation sites (tertiary alicyclic amines) is 1. The molecule has 1 aliphatic heterocycles. The van der Waals surface area contributed by atoms with Gasteiger partial charge in [-0.25, -0.2) is 4.98 Å². The molecule has 1 aliphatic rings. The molecule has 122 valence electrons. The molecule has 3 rings (SSSR count). The van der Waals surface area contributed by atoms with Crippen LogP contribution in [0.25, 0.3) is 10.6 Å². The van der Waals surface area contributed by atoms with E-state index in [0.717, 1.165) is 5.56 Å². The highest BCUT2D eigenvalue weighted by Gasteiger charge is 2.46. The van der Waals surface area contributed by atoms with Crippen LogP contribution in [0.15, 0.2) is 28.4 Å². The molecule has 0 bridgehead atoms. The average Bonchev–Trinajstić information content (AvgIpc) is 3.27. The Bertz CT molecular complexity index is 711. The van der Waals surface area contributed by atoms with Crippen molar-refractivity contribution in [3.8, 4) is 10.6 Å². The molecule has 2 aromatic heterocycles. The van der Waals surface area contributed by atoms with Gasteiger partial charge in [0, 0.05) is 31.1 Å². The third-order valence-corrected chi connectivity index (χ3v) is 4.90. The number of carbonyl (C=O) groups is 2. The molecular formula is C15H16N2O5S. The lowest BCUT2D eigenvalue weighted by Crippen LogP contribution is -2.40. The van der Waals surface area contributed by atoms with Gasteiger partial charge in [-0.15, -0.1) is 11.3 Å². The van der Waals surface area contributed by atoms with E-state index in [2.05, 4.69) is 4.98 Å². The molecule has 8 heteroatoms. The van der Waals surface area contributed by atoms with Crippen molar-refractivity contribution in [3.05, 3.63) is 29.7 Å². The van der Waals surface area contributed by atoms with Crippen LogP contribution in [-0.4, -0.2) is 53.7 Å². The summed E-state index contributed by atoms with van der Waals surface area (Å²) in [5.74, 6) is -1.19. The van der Waals surface area contributed by atoms with Gasteiger partial charge < -0.3 is 19.2 Å². The number of methoxy groups -OCH3 is 1. The van der Waals surface area contributed by atoms with Crippen LogP contribution in [0.5, 0.6) is 0 Å². The Morgan fingerprint density at radius 3 is 3.04 bits per heavy atom. The van der Waals surface area contributed by atoms with Gasteiger partial charge in [0.1, 0.15) is 22.4 Å². The zero-order valence-electron chi connectivity index (χ0n) is 12.5. The highest BCUT2D eigenvalue weighted by Crippen LogP contribution is 2.33. The topological polar surface area (TPSA) is 92.9 Å². The van der Waals surface area contributed by atoms with Gasteiger partial charge in [0.05, 0.1) is 12.9 Å². The Balaban J connectivity index is 1.76. The molecule has 23 heavy (non-hydrogen) atoms. The van der Waals surface area contributed by atoms with Crippen molar-refractivity contribution in [2.75, 3.05) is 26.8 Å². The average molecular weight is 336 g/mol. The normalized spacial score (nSPS) is 20.8. The van der Waals surface area contributed by atoms with Crippen molar-refractivity contribution < 1.29 is 23.8 Å². The second kappa shape index (κ2) is 6.13. The Morgan fingerprint density at radius 1 is 1.57 bits per heavy atom. The Labute approximate surface area is 136 Å². The molecule has 0 aliphatic carbocycles. The molecule has 0 saturated carbocycles. The van der Waals surface area contributed by atoms with Gasteiger partial charge in [0.2, 0.25) is 0 Å². The van der Waals surface area contributed by atoms with Crippen LogP contribution >= 0.6 is 11.3 Å². The van der Waals surface area contributed by atoms with Crippen LogP contribution in [0.2, 0.25) is 0 Å². The minimum atomic E-state index is -1.03. The summed E-state index contributed by atoms with van der Waals surface area (Å²) in [7, 11) is 1.47. The molecule has 0 radical (unpaired) electrons. The molecule has 1 unspecified atom stereocenters. The number of ether oxygens (including phenoxy) is 1. The first kappa shape index (κ1) is 15.7. The number of carboxylic acid groups (broad SMARTS) is 1. The van der Waals surface area contributed by atoms with Gasteiger partial charge in [0.25, 0.3) is 5.91 Å². The first-order valence-electron chi connectivity index (χ1n) is 7.05. The van der Waals surface area contributed by atoms with Crippen LogP contribution in [0.4, 0.5) is 0 Å². The molecule has 1 N–H and O–H groups in total. The van der Waals surface area contributed by atoms with Crippen molar-refractivity contribution in [2.24, 2.45) is 5.41 Å². The molecule has 1 fully saturated rings. The minimum absolute atomic E-state index is 0.0868. The molecule has 3 heterocycles. The lowest BCUT2D eigenvalue weighted by atomic mass is 9.88. The number of hydrogen-bond donors (Lipinski definition) is 1. The smallest absolute Gasteiger partial charge is 0.313 e. The maximum Gasteiger partial charge on any atom is 0.313 e. The molecule has 0 aromatic carbocycles. The summed E-state index contributed by atoms with van der Waals surface area (Å²) < 4.78 is 10.0. The number of aliphatic carboxylic acids is 1. The highest BCUT2D eigenvalue weighted by atomic mass is 32.1. The van der Waals surface area contributed by atoms with E-state index in [1.54, 1.807) is 24.0 Å². The lowest BCUT2D eigenvalue weighted by molar-refractivity contribution is -0.151. The number of amides is 1. The van der Waals surface area contributed by atoms with E-state index < -0.39 is 11.4 Å². The summed E-state index contributed by atoms with van der Waals surface area (Å²) in [5, 5.41) is 11.8. The standard InChI is InChI=1S/C15H16N2O5S/c1-21-9-15(14(19)20)3-4-17(8-15)13(18)11-7-23-12(16-11)10-2-5-22-6-10/h2,5-7H,3-4,8-9H2,1H3,(H,19,20). The van der Waals surface area contributed by atoms with Gasteiger partial charge in [0.15, 0.2) is 0 Å². The SMILES string of the molecule is COCC1(C(=O)O)CCN(C(=O)c2csc(-c3ccoc3)n2)C1. The largest absolute Gasteiger partial charge is 0.481 e. The van der Waals surface area contributed by atoms with Crippen LogP contribution in [-0.2, 0) is 9.53 Å². The van der Waals surface area contributed by atoms with Crippen LogP contribution < -0.4 is 0 Å². The predicted octanol–water partition coefficient (Wildman–Crippen LogP) is 1.97.